The van der Waals surface area contributed by atoms with Gasteiger partial charge in [0.15, 0.2) is 11.6 Å². The van der Waals surface area contributed by atoms with E-state index in [0.717, 1.165) is 65.6 Å². The maximum atomic E-state index is 5.41. The summed E-state index contributed by atoms with van der Waals surface area (Å²) in [6.07, 6.45) is 2.19. The largest absolute Gasteiger partial charge is 0.309 e. The molecule has 61 heavy (non-hydrogen) atoms. The Morgan fingerprint density at radius 3 is 1.75 bits per heavy atom. The van der Waals surface area contributed by atoms with E-state index >= 15 is 0 Å². The third-order valence-electron chi connectivity index (χ3n) is 13.0. The van der Waals surface area contributed by atoms with Crippen molar-refractivity contribution in [3.63, 3.8) is 0 Å². The number of nitrogens with zero attached hydrogens (tertiary/aromatic N) is 6. The molecule has 0 spiro atoms. The van der Waals surface area contributed by atoms with Gasteiger partial charge in [0.2, 0.25) is 5.95 Å². The second-order valence-electron chi connectivity index (χ2n) is 16.6. The molecule has 7 aromatic carbocycles. The minimum absolute atomic E-state index is 0.185. The molecule has 4 aromatic heterocycles. The Morgan fingerprint density at radius 2 is 1.07 bits per heavy atom. The second-order valence-corrected chi connectivity index (χ2v) is 16.6. The summed E-state index contributed by atoms with van der Waals surface area (Å²) in [4.78, 5) is 15.9. The first-order chi connectivity index (χ1) is 29.9. The predicted molar refractivity (Wildman–Crippen MR) is 252 cm³/mol. The number of rotatable bonds is 5. The number of fused-ring (bicyclic) bond motifs is 12. The van der Waals surface area contributed by atoms with Crippen LogP contribution in [0.15, 0.2) is 176 Å². The van der Waals surface area contributed by atoms with Crippen molar-refractivity contribution >= 4 is 71.7 Å². The molecule has 1 aliphatic heterocycles. The number of hydrogen-bond acceptors (Lipinski definition) is 3. The lowest BCUT2D eigenvalue weighted by Crippen LogP contribution is -2.40. The first-order valence-electron chi connectivity index (χ1n) is 20.8. The smallest absolute Gasteiger partial charge is 0.238 e. The highest BCUT2D eigenvalue weighted by molar-refractivity contribution is 6.23. The van der Waals surface area contributed by atoms with Crippen LogP contribution in [0.5, 0.6) is 0 Å². The average molecular weight is 785 g/mol. The molecule has 290 valence electrons. The van der Waals surface area contributed by atoms with E-state index in [1.54, 1.807) is 0 Å². The molecule has 0 unspecified atom stereocenters. The average Bonchev–Trinajstić information content (AvgIpc) is 3.95. The first-order valence-corrected chi connectivity index (χ1v) is 20.8. The number of hydrogen-bond donors (Lipinski definition) is 0. The molecule has 6 nitrogen and oxygen atoms in total. The lowest BCUT2D eigenvalue weighted by Gasteiger charge is -2.33. The van der Waals surface area contributed by atoms with Gasteiger partial charge >= 0.3 is 0 Å². The van der Waals surface area contributed by atoms with Crippen molar-refractivity contribution in [2.75, 3.05) is 0 Å². The van der Waals surface area contributed by atoms with E-state index in [1.807, 2.05) is 18.2 Å². The van der Waals surface area contributed by atoms with Crippen molar-refractivity contribution in [3.05, 3.63) is 198 Å². The van der Waals surface area contributed by atoms with E-state index < -0.39 is 0 Å². The van der Waals surface area contributed by atoms with Gasteiger partial charge in [-0.3, -0.25) is 4.57 Å². The van der Waals surface area contributed by atoms with Crippen LogP contribution in [0.3, 0.4) is 0 Å². The topological polar surface area (TPSA) is 53.5 Å². The minimum atomic E-state index is -0.185. The Labute approximate surface area is 352 Å². The Bertz CT molecular complexity index is 3750. The van der Waals surface area contributed by atoms with Crippen LogP contribution >= 0.6 is 0 Å². The summed E-state index contributed by atoms with van der Waals surface area (Å²) in [5, 5.41) is 8.04. The SMILES string of the molecule is C=C(/C=c1\c2n(c3ccccc13)-c1ccccc1C(C)(C)C=2C)c1nc(-c2ccccc2)nc(-n2c3ccccc3c3ccc4c5ccccc5n(-c5ccccc5)c4c32)n1. The van der Waals surface area contributed by atoms with Gasteiger partial charge in [-0.1, -0.05) is 154 Å². The highest BCUT2D eigenvalue weighted by atomic mass is 15.2. The molecule has 0 bridgehead atoms. The fourth-order valence-corrected chi connectivity index (χ4v) is 9.84. The maximum Gasteiger partial charge on any atom is 0.238 e. The van der Waals surface area contributed by atoms with Gasteiger partial charge in [0, 0.05) is 54.4 Å². The van der Waals surface area contributed by atoms with Crippen LogP contribution in [0.25, 0.3) is 100 Å². The number of aromatic nitrogens is 6. The summed E-state index contributed by atoms with van der Waals surface area (Å²) in [5.41, 5.74) is 11.7. The molecule has 1 aliphatic rings. The van der Waals surface area contributed by atoms with Crippen molar-refractivity contribution < 1.29 is 0 Å². The summed E-state index contributed by atoms with van der Waals surface area (Å²) >= 11 is 0. The van der Waals surface area contributed by atoms with Gasteiger partial charge < -0.3 is 9.13 Å². The molecule has 0 radical (unpaired) electrons. The molecular formula is C55H40N6. The van der Waals surface area contributed by atoms with E-state index in [2.05, 4.69) is 192 Å². The summed E-state index contributed by atoms with van der Waals surface area (Å²) in [6, 6.07) is 60.0. The molecule has 12 rings (SSSR count). The molecule has 0 saturated heterocycles. The van der Waals surface area contributed by atoms with Crippen molar-refractivity contribution in [1.29, 1.82) is 0 Å². The summed E-state index contributed by atoms with van der Waals surface area (Å²) in [6.45, 7) is 11.7. The van der Waals surface area contributed by atoms with Crippen LogP contribution in [-0.2, 0) is 5.41 Å². The van der Waals surface area contributed by atoms with Crippen LogP contribution < -0.4 is 10.6 Å². The van der Waals surface area contributed by atoms with E-state index in [1.165, 1.54) is 27.6 Å². The number of para-hydroxylation sites is 5. The van der Waals surface area contributed by atoms with Crippen LogP contribution in [-0.4, -0.2) is 28.7 Å². The summed E-state index contributed by atoms with van der Waals surface area (Å²) in [7, 11) is 0. The highest BCUT2D eigenvalue weighted by Gasteiger charge is 2.33. The maximum absolute atomic E-state index is 5.41. The monoisotopic (exact) mass is 784 g/mol. The molecule has 0 aliphatic carbocycles. The normalized spacial score (nSPS) is 13.8. The zero-order valence-corrected chi connectivity index (χ0v) is 34.1. The number of allylic oxidation sites excluding steroid dienone is 1. The fourth-order valence-electron chi connectivity index (χ4n) is 9.84. The fraction of sp³-hybridized carbons (Fsp3) is 0.0727. The molecule has 0 saturated carbocycles. The van der Waals surface area contributed by atoms with Crippen molar-refractivity contribution in [2.45, 2.75) is 26.2 Å². The van der Waals surface area contributed by atoms with Crippen molar-refractivity contribution in [1.82, 2.24) is 28.7 Å². The predicted octanol–water partition coefficient (Wildman–Crippen LogP) is 11.6. The second kappa shape index (κ2) is 13.1. The van der Waals surface area contributed by atoms with Gasteiger partial charge in [-0.25, -0.2) is 4.98 Å². The third kappa shape index (κ3) is 5.06. The van der Waals surface area contributed by atoms with Gasteiger partial charge in [0.1, 0.15) is 0 Å². The lowest BCUT2D eigenvalue weighted by atomic mass is 9.75. The molecule has 0 atom stereocenters. The standard InChI is InChI=1S/C55H40N6/c1-34(33-43-40-25-13-16-28-46(40)60-48-30-18-14-26-44(48)55(3,4)35(2)49(43)60)52-56-53(36-19-7-5-8-20-36)58-54(57-52)61-47-29-17-12-24-39(47)42-32-31-41-38-23-11-15-27-45(38)59(50(41)51(42)61)37-21-9-6-10-22-37/h5-33H,1H2,2-4H3/b43-33-. The molecule has 0 fully saturated rings. The first kappa shape index (κ1) is 35.1. The van der Waals surface area contributed by atoms with Gasteiger partial charge in [-0.05, 0) is 60.5 Å². The van der Waals surface area contributed by atoms with E-state index in [0.29, 0.717) is 23.2 Å². The molecule has 11 aromatic rings. The molecular weight excluding hydrogens is 745 g/mol. The summed E-state index contributed by atoms with van der Waals surface area (Å²) < 4.78 is 7.05. The quantitative estimate of drug-likeness (QED) is 0.175. The molecule has 5 heterocycles. The van der Waals surface area contributed by atoms with Crippen molar-refractivity contribution in [2.24, 2.45) is 0 Å². The molecule has 0 N–H and O–H groups in total. The Morgan fingerprint density at radius 1 is 0.525 bits per heavy atom. The molecule has 6 heteroatoms. The van der Waals surface area contributed by atoms with Crippen molar-refractivity contribution in [3.8, 4) is 28.7 Å². The zero-order chi connectivity index (χ0) is 41.0. The van der Waals surface area contributed by atoms with Gasteiger partial charge in [0.05, 0.1) is 38.6 Å². The summed E-state index contributed by atoms with van der Waals surface area (Å²) in [5.74, 6) is 1.63. The minimum Gasteiger partial charge on any atom is -0.309 e. The van der Waals surface area contributed by atoms with Crippen LogP contribution in [0, 0.1) is 0 Å². The molecule has 0 amide bonds. The Kier molecular flexibility index (Phi) is 7.54. The van der Waals surface area contributed by atoms with Crippen LogP contribution in [0.2, 0.25) is 0 Å². The van der Waals surface area contributed by atoms with Crippen LogP contribution in [0.1, 0.15) is 32.2 Å². The van der Waals surface area contributed by atoms with Gasteiger partial charge in [-0.15, -0.1) is 0 Å². The van der Waals surface area contributed by atoms with E-state index in [-0.39, 0.29) is 5.41 Å². The van der Waals surface area contributed by atoms with E-state index in [9.17, 15) is 0 Å². The Hall–Kier alpha value is -7.83. The Balaban J connectivity index is 1.18. The lowest BCUT2D eigenvalue weighted by molar-refractivity contribution is 0.656. The van der Waals surface area contributed by atoms with Crippen LogP contribution in [0.4, 0.5) is 0 Å². The highest BCUT2D eigenvalue weighted by Crippen LogP contribution is 2.42. The number of benzene rings is 7. The van der Waals surface area contributed by atoms with Gasteiger partial charge in [-0.2, -0.15) is 9.97 Å². The third-order valence-corrected chi connectivity index (χ3v) is 13.0. The van der Waals surface area contributed by atoms with E-state index in [4.69, 9.17) is 21.5 Å². The van der Waals surface area contributed by atoms with Gasteiger partial charge in [0.25, 0.3) is 0 Å². The zero-order valence-electron chi connectivity index (χ0n) is 34.1.